The van der Waals surface area contributed by atoms with E-state index < -0.39 is 24.5 Å². The van der Waals surface area contributed by atoms with Crippen LogP contribution >= 0.6 is 0 Å². The lowest BCUT2D eigenvalue weighted by Crippen LogP contribution is -2.44. The van der Waals surface area contributed by atoms with Crippen LogP contribution in [0.2, 0.25) is 0 Å². The summed E-state index contributed by atoms with van der Waals surface area (Å²) >= 11 is 0. The van der Waals surface area contributed by atoms with Crippen LogP contribution in [0.4, 0.5) is 0 Å². The molecule has 136 valence electrons. The molecule has 0 unspecified atom stereocenters. The van der Waals surface area contributed by atoms with Crippen molar-refractivity contribution in [2.75, 3.05) is 13.7 Å². The minimum atomic E-state index is -1.12. The van der Waals surface area contributed by atoms with E-state index >= 15 is 0 Å². The topological polar surface area (TPSA) is 92.7 Å². The molecule has 2 N–H and O–H groups in total. The molecule has 0 spiro atoms. The Morgan fingerprint density at radius 3 is 2.15 bits per heavy atom. The van der Waals surface area contributed by atoms with Crippen molar-refractivity contribution in [1.29, 1.82) is 0 Å². The molecule has 0 aliphatic heterocycles. The minimum Gasteiger partial charge on any atom is -0.467 e. The van der Waals surface area contributed by atoms with Gasteiger partial charge in [-0.3, -0.25) is 9.59 Å². The van der Waals surface area contributed by atoms with Crippen molar-refractivity contribution in [2.45, 2.75) is 18.9 Å². The van der Waals surface area contributed by atoms with Gasteiger partial charge in [-0.1, -0.05) is 54.6 Å². The zero-order chi connectivity index (χ0) is 18.9. The number of aliphatic hydroxyl groups excluding tert-OH is 1. The molecule has 0 aromatic heterocycles. The summed E-state index contributed by atoms with van der Waals surface area (Å²) in [6.07, 6.45) is -0.0669. The van der Waals surface area contributed by atoms with Gasteiger partial charge in [0.2, 0.25) is 5.91 Å². The third kappa shape index (κ3) is 5.26. The second-order valence-corrected chi connectivity index (χ2v) is 5.69. The molecule has 6 nitrogen and oxygen atoms in total. The molecule has 0 saturated carbocycles. The van der Waals surface area contributed by atoms with Crippen LogP contribution in [0.1, 0.15) is 23.2 Å². The van der Waals surface area contributed by atoms with Gasteiger partial charge >= 0.3 is 5.97 Å². The minimum absolute atomic E-state index is 0.00976. The fraction of sp³-hybridized carbons (Fsp3) is 0.250. The van der Waals surface area contributed by atoms with Crippen LogP contribution in [0.25, 0.3) is 11.1 Å². The quantitative estimate of drug-likeness (QED) is 0.558. The summed E-state index contributed by atoms with van der Waals surface area (Å²) in [6, 6.07) is 15.9. The smallest absolute Gasteiger partial charge is 0.330 e. The highest BCUT2D eigenvalue weighted by Gasteiger charge is 2.20. The molecule has 0 aliphatic carbocycles. The van der Waals surface area contributed by atoms with Crippen molar-refractivity contribution in [3.63, 3.8) is 0 Å². The number of hydrogen-bond acceptors (Lipinski definition) is 5. The molecule has 0 fully saturated rings. The lowest BCUT2D eigenvalue weighted by Gasteiger charge is -2.13. The average Bonchev–Trinajstić information content (AvgIpc) is 2.70. The molecule has 2 rings (SSSR count). The van der Waals surface area contributed by atoms with Crippen LogP contribution in [-0.2, 0) is 14.3 Å². The van der Waals surface area contributed by atoms with Gasteiger partial charge in [0.1, 0.15) is 0 Å². The molecule has 0 saturated heterocycles. The van der Waals surface area contributed by atoms with Gasteiger partial charge in [0.15, 0.2) is 11.8 Å². The van der Waals surface area contributed by atoms with Crippen LogP contribution < -0.4 is 5.32 Å². The number of ether oxygens (including phenoxy) is 1. The van der Waals surface area contributed by atoms with E-state index in [2.05, 4.69) is 10.1 Å². The summed E-state index contributed by atoms with van der Waals surface area (Å²) in [5.41, 5.74) is 2.58. The largest absolute Gasteiger partial charge is 0.467 e. The first-order chi connectivity index (χ1) is 12.5. The van der Waals surface area contributed by atoms with Gasteiger partial charge in [-0.15, -0.1) is 0 Å². The maximum absolute atomic E-state index is 12.2. The number of carbonyl (C=O) groups is 3. The summed E-state index contributed by atoms with van der Waals surface area (Å²) in [5, 5.41) is 11.4. The molecule has 2 aromatic carbocycles. The second-order valence-electron chi connectivity index (χ2n) is 5.69. The molecule has 0 heterocycles. The van der Waals surface area contributed by atoms with Gasteiger partial charge in [-0.05, 0) is 11.1 Å². The van der Waals surface area contributed by atoms with Gasteiger partial charge in [-0.2, -0.15) is 0 Å². The highest BCUT2D eigenvalue weighted by Crippen LogP contribution is 2.19. The lowest BCUT2D eigenvalue weighted by atomic mass is 10.0. The Balaban J connectivity index is 1.89. The molecule has 0 radical (unpaired) electrons. The standard InChI is InChI=1S/C20H21NO5/c1-26-20(25)17(13-22)21-19(24)12-11-18(23)16-9-7-15(8-10-16)14-5-3-2-4-6-14/h2-10,17,22H,11-13H2,1H3,(H,21,24)/t17-/m0/s1. The first-order valence-electron chi connectivity index (χ1n) is 8.22. The molecular weight excluding hydrogens is 334 g/mol. The number of ketones is 1. The normalized spacial score (nSPS) is 11.5. The van der Waals surface area contributed by atoms with Crippen LogP contribution in [0, 0.1) is 0 Å². The Kier molecular flexibility index (Phi) is 7.05. The van der Waals surface area contributed by atoms with E-state index in [4.69, 9.17) is 5.11 Å². The number of aliphatic hydroxyl groups is 1. The van der Waals surface area contributed by atoms with E-state index in [0.29, 0.717) is 5.56 Å². The van der Waals surface area contributed by atoms with Gasteiger partial charge in [0.25, 0.3) is 0 Å². The molecule has 1 atom stereocenters. The molecule has 0 bridgehead atoms. The van der Waals surface area contributed by atoms with Gasteiger partial charge < -0.3 is 15.2 Å². The van der Waals surface area contributed by atoms with Crippen LogP contribution in [0.15, 0.2) is 54.6 Å². The lowest BCUT2D eigenvalue weighted by molar-refractivity contribution is -0.146. The molecule has 2 aromatic rings. The van der Waals surface area contributed by atoms with Crippen molar-refractivity contribution < 1.29 is 24.2 Å². The van der Waals surface area contributed by atoms with E-state index in [0.717, 1.165) is 11.1 Å². The van der Waals surface area contributed by atoms with Gasteiger partial charge in [0.05, 0.1) is 13.7 Å². The Morgan fingerprint density at radius 1 is 0.962 bits per heavy atom. The fourth-order valence-electron chi connectivity index (χ4n) is 2.44. The number of carbonyl (C=O) groups excluding carboxylic acids is 3. The SMILES string of the molecule is COC(=O)[C@H](CO)NC(=O)CCC(=O)c1ccc(-c2ccccc2)cc1. The number of methoxy groups -OCH3 is 1. The third-order valence-electron chi connectivity index (χ3n) is 3.90. The first kappa shape index (κ1) is 19.3. The summed E-state index contributed by atoms with van der Waals surface area (Å²) in [4.78, 5) is 35.4. The van der Waals surface area contributed by atoms with Crippen LogP contribution in [-0.4, -0.2) is 42.5 Å². The fourth-order valence-corrected chi connectivity index (χ4v) is 2.44. The summed E-state index contributed by atoms with van der Waals surface area (Å²) in [5.74, 6) is -1.40. The van der Waals surface area contributed by atoms with E-state index in [9.17, 15) is 14.4 Å². The monoisotopic (exact) mass is 355 g/mol. The first-order valence-corrected chi connectivity index (χ1v) is 8.22. The molecular formula is C20H21NO5. The van der Waals surface area contributed by atoms with Gasteiger partial charge in [0, 0.05) is 18.4 Å². The van der Waals surface area contributed by atoms with E-state index in [1.54, 1.807) is 12.1 Å². The number of hydrogen-bond donors (Lipinski definition) is 2. The van der Waals surface area contributed by atoms with Crippen molar-refractivity contribution in [2.24, 2.45) is 0 Å². The number of benzene rings is 2. The Bertz CT molecular complexity index is 756. The number of amides is 1. The van der Waals surface area contributed by atoms with Crippen molar-refractivity contribution >= 4 is 17.7 Å². The molecule has 26 heavy (non-hydrogen) atoms. The van der Waals surface area contributed by atoms with Gasteiger partial charge in [-0.25, -0.2) is 4.79 Å². The highest BCUT2D eigenvalue weighted by atomic mass is 16.5. The predicted octanol–water partition coefficient (Wildman–Crippen LogP) is 1.97. The third-order valence-corrected chi connectivity index (χ3v) is 3.90. The molecule has 0 aliphatic rings. The number of nitrogens with one attached hydrogen (secondary N) is 1. The summed E-state index contributed by atoms with van der Waals surface area (Å²) in [6.45, 7) is -0.562. The summed E-state index contributed by atoms with van der Waals surface area (Å²) < 4.78 is 4.47. The number of Topliss-reactive ketones (excluding diaryl/α,β-unsaturated/α-hetero) is 1. The Labute approximate surface area is 151 Å². The number of rotatable bonds is 8. The Hall–Kier alpha value is -2.99. The van der Waals surface area contributed by atoms with Crippen molar-refractivity contribution in [3.8, 4) is 11.1 Å². The molecule has 1 amide bonds. The maximum Gasteiger partial charge on any atom is 0.330 e. The maximum atomic E-state index is 12.2. The van der Waals surface area contributed by atoms with E-state index in [-0.39, 0.29) is 18.6 Å². The molecule has 6 heteroatoms. The zero-order valence-electron chi connectivity index (χ0n) is 14.5. The van der Waals surface area contributed by atoms with E-state index in [1.165, 1.54) is 7.11 Å². The van der Waals surface area contributed by atoms with Crippen LogP contribution in [0.3, 0.4) is 0 Å². The van der Waals surface area contributed by atoms with Crippen molar-refractivity contribution in [1.82, 2.24) is 5.32 Å². The average molecular weight is 355 g/mol. The van der Waals surface area contributed by atoms with Crippen molar-refractivity contribution in [3.05, 3.63) is 60.2 Å². The van der Waals surface area contributed by atoms with E-state index in [1.807, 2.05) is 42.5 Å². The zero-order valence-corrected chi connectivity index (χ0v) is 14.5. The number of esters is 1. The predicted molar refractivity (Wildman–Crippen MR) is 96.5 cm³/mol. The van der Waals surface area contributed by atoms with Crippen LogP contribution in [0.5, 0.6) is 0 Å². The highest BCUT2D eigenvalue weighted by molar-refractivity contribution is 5.98. The summed E-state index contributed by atoms with van der Waals surface area (Å²) in [7, 11) is 1.17. The second kappa shape index (κ2) is 9.48. The Morgan fingerprint density at radius 2 is 1.58 bits per heavy atom.